The van der Waals surface area contributed by atoms with Crippen molar-refractivity contribution in [1.29, 1.82) is 0 Å². The summed E-state index contributed by atoms with van der Waals surface area (Å²) in [6.07, 6.45) is 0. The van der Waals surface area contributed by atoms with Crippen molar-refractivity contribution in [2.45, 2.75) is 32.7 Å². The molecule has 0 unspecified atom stereocenters. The quantitative estimate of drug-likeness (QED) is 0.847. The number of phenols is 1. The van der Waals surface area contributed by atoms with Gasteiger partial charge < -0.3 is 15.3 Å². The molecule has 1 heterocycles. The molecule has 2 aromatic rings. The average molecular weight is 367 g/mol. The fourth-order valence-corrected chi connectivity index (χ4v) is 3.55. The largest absolute Gasteiger partial charge is 0.508 e. The van der Waals surface area contributed by atoms with Gasteiger partial charge in [0.25, 0.3) is 0 Å². The van der Waals surface area contributed by atoms with E-state index in [1.54, 1.807) is 12.1 Å². The lowest BCUT2D eigenvalue weighted by atomic mass is 10.0. The van der Waals surface area contributed by atoms with Crippen LogP contribution in [0, 0.1) is 0 Å². The van der Waals surface area contributed by atoms with E-state index >= 15 is 0 Å². The number of nitrogens with zero attached hydrogens (tertiary/aromatic N) is 2. The fraction of sp³-hybridized carbons (Fsp3) is 0.409. The van der Waals surface area contributed by atoms with E-state index in [2.05, 4.69) is 35.0 Å². The van der Waals surface area contributed by atoms with Gasteiger partial charge in [0.2, 0.25) is 5.91 Å². The lowest BCUT2D eigenvalue weighted by Gasteiger charge is -2.38. The molecule has 0 aliphatic carbocycles. The summed E-state index contributed by atoms with van der Waals surface area (Å²) in [7, 11) is 0. The molecule has 27 heavy (non-hydrogen) atoms. The Morgan fingerprint density at radius 3 is 2.22 bits per heavy atom. The molecule has 3 rings (SSSR count). The number of hydrogen-bond donors (Lipinski definition) is 2. The zero-order valence-corrected chi connectivity index (χ0v) is 16.4. The van der Waals surface area contributed by atoms with Crippen LogP contribution in [0.3, 0.4) is 0 Å². The van der Waals surface area contributed by atoms with Crippen LogP contribution in [0.25, 0.3) is 0 Å². The zero-order valence-electron chi connectivity index (χ0n) is 16.4. The van der Waals surface area contributed by atoms with Crippen LogP contribution in [0.15, 0.2) is 48.5 Å². The molecule has 1 aliphatic heterocycles. The van der Waals surface area contributed by atoms with Crippen molar-refractivity contribution in [1.82, 2.24) is 4.90 Å². The number of hydrogen-bond acceptors (Lipinski definition) is 4. The van der Waals surface area contributed by atoms with E-state index in [4.69, 9.17) is 0 Å². The van der Waals surface area contributed by atoms with Gasteiger partial charge in [-0.05, 0) is 48.7 Å². The van der Waals surface area contributed by atoms with E-state index in [1.165, 1.54) is 0 Å². The highest BCUT2D eigenvalue weighted by Gasteiger charge is 2.26. The Morgan fingerprint density at radius 2 is 1.59 bits per heavy atom. The summed E-state index contributed by atoms with van der Waals surface area (Å²) < 4.78 is 0. The van der Waals surface area contributed by atoms with Gasteiger partial charge in [-0.1, -0.05) is 32.0 Å². The number of anilines is 2. The highest BCUT2D eigenvalue weighted by atomic mass is 16.3. The van der Waals surface area contributed by atoms with Crippen molar-refractivity contribution in [3.05, 3.63) is 54.1 Å². The van der Waals surface area contributed by atoms with Crippen molar-refractivity contribution in [2.75, 3.05) is 36.4 Å². The van der Waals surface area contributed by atoms with Crippen LogP contribution in [0.1, 0.15) is 32.3 Å². The first-order valence-electron chi connectivity index (χ1n) is 9.63. The molecule has 5 nitrogen and oxygen atoms in total. The van der Waals surface area contributed by atoms with E-state index in [0.29, 0.717) is 5.92 Å². The second-order valence-electron chi connectivity index (χ2n) is 7.45. The smallest absolute Gasteiger partial charge is 0.241 e. The Hall–Kier alpha value is -2.53. The topological polar surface area (TPSA) is 55.8 Å². The number of nitrogens with one attached hydrogen (secondary N) is 1. The third-order valence-electron chi connectivity index (χ3n) is 5.30. The molecular formula is C22H29N3O2. The molecule has 1 atom stereocenters. The van der Waals surface area contributed by atoms with Crippen LogP contribution < -0.4 is 10.2 Å². The van der Waals surface area contributed by atoms with Crippen LogP contribution in [-0.4, -0.2) is 48.1 Å². The summed E-state index contributed by atoms with van der Waals surface area (Å²) in [5, 5.41) is 12.6. The van der Waals surface area contributed by atoms with Crippen molar-refractivity contribution in [2.24, 2.45) is 0 Å². The summed E-state index contributed by atoms with van der Waals surface area (Å²) in [4.78, 5) is 17.3. The zero-order chi connectivity index (χ0) is 19.4. The van der Waals surface area contributed by atoms with Crippen LogP contribution >= 0.6 is 0 Å². The van der Waals surface area contributed by atoms with Gasteiger partial charge in [-0.25, -0.2) is 0 Å². The summed E-state index contributed by atoms with van der Waals surface area (Å²) in [6.45, 7) is 9.65. The van der Waals surface area contributed by atoms with Crippen LogP contribution in [0.4, 0.5) is 11.4 Å². The summed E-state index contributed by atoms with van der Waals surface area (Å²) in [5.74, 6) is 0.691. The van der Waals surface area contributed by atoms with E-state index in [1.807, 2.05) is 37.3 Å². The molecule has 144 valence electrons. The summed E-state index contributed by atoms with van der Waals surface area (Å²) in [6, 6.07) is 15.1. The standard InChI is InChI=1S/C22H29N3O2/c1-16(2)20-6-4-5-7-21(20)23-22(27)17(3)24-12-14-25(15-13-24)18-8-10-19(26)11-9-18/h4-11,16-17,26H,12-15H2,1-3H3,(H,23,27)/t17-/m1/s1. The molecule has 5 heteroatoms. The van der Waals surface area contributed by atoms with E-state index in [9.17, 15) is 9.90 Å². The molecule has 2 N–H and O–H groups in total. The van der Waals surface area contributed by atoms with Gasteiger partial charge in [0.05, 0.1) is 6.04 Å². The number of carbonyl (C=O) groups excluding carboxylic acids is 1. The average Bonchev–Trinajstić information content (AvgIpc) is 2.68. The normalized spacial score (nSPS) is 16.4. The molecule has 0 radical (unpaired) electrons. The van der Waals surface area contributed by atoms with Gasteiger partial charge in [0, 0.05) is 37.6 Å². The third kappa shape index (κ3) is 4.61. The Labute approximate surface area is 161 Å². The molecular weight excluding hydrogens is 338 g/mol. The van der Waals surface area contributed by atoms with E-state index < -0.39 is 0 Å². The van der Waals surface area contributed by atoms with Crippen molar-refractivity contribution in [3.63, 3.8) is 0 Å². The Morgan fingerprint density at radius 1 is 0.963 bits per heavy atom. The van der Waals surface area contributed by atoms with Crippen LogP contribution in [0.2, 0.25) is 0 Å². The molecule has 1 saturated heterocycles. The number of benzene rings is 2. The predicted octanol–water partition coefficient (Wildman–Crippen LogP) is 3.66. The molecule has 1 aliphatic rings. The number of para-hydroxylation sites is 1. The van der Waals surface area contributed by atoms with Gasteiger partial charge in [-0.2, -0.15) is 0 Å². The Bertz CT molecular complexity index is 765. The van der Waals surface area contributed by atoms with Gasteiger partial charge in [-0.3, -0.25) is 9.69 Å². The molecule has 0 spiro atoms. The Balaban J connectivity index is 1.58. The second-order valence-corrected chi connectivity index (χ2v) is 7.45. The number of amides is 1. The van der Waals surface area contributed by atoms with Crippen LogP contribution in [0.5, 0.6) is 5.75 Å². The third-order valence-corrected chi connectivity index (χ3v) is 5.30. The number of rotatable bonds is 5. The highest BCUT2D eigenvalue weighted by Crippen LogP contribution is 2.24. The molecule has 0 saturated carbocycles. The molecule has 0 bridgehead atoms. The van der Waals surface area contributed by atoms with Gasteiger partial charge in [0.1, 0.15) is 5.75 Å². The molecule has 1 amide bonds. The number of phenolic OH excluding ortho intramolecular Hbond substituents is 1. The maximum Gasteiger partial charge on any atom is 0.241 e. The predicted molar refractivity (Wildman–Crippen MR) is 111 cm³/mol. The minimum Gasteiger partial charge on any atom is -0.508 e. The number of piperazine rings is 1. The molecule has 2 aromatic carbocycles. The van der Waals surface area contributed by atoms with Gasteiger partial charge in [0.15, 0.2) is 0 Å². The first kappa shape index (κ1) is 19.2. The number of carbonyl (C=O) groups is 1. The summed E-state index contributed by atoms with van der Waals surface area (Å²) >= 11 is 0. The monoisotopic (exact) mass is 367 g/mol. The minimum absolute atomic E-state index is 0.0428. The second kappa shape index (κ2) is 8.44. The molecule has 0 aromatic heterocycles. The molecule has 1 fully saturated rings. The highest BCUT2D eigenvalue weighted by molar-refractivity contribution is 5.95. The van der Waals surface area contributed by atoms with Gasteiger partial charge >= 0.3 is 0 Å². The van der Waals surface area contributed by atoms with E-state index in [-0.39, 0.29) is 17.7 Å². The maximum atomic E-state index is 12.8. The van der Waals surface area contributed by atoms with Crippen LogP contribution in [-0.2, 0) is 4.79 Å². The fourth-order valence-electron chi connectivity index (χ4n) is 3.55. The lowest BCUT2D eigenvalue weighted by molar-refractivity contribution is -0.120. The van der Waals surface area contributed by atoms with Crippen molar-refractivity contribution < 1.29 is 9.90 Å². The lowest BCUT2D eigenvalue weighted by Crippen LogP contribution is -2.52. The SMILES string of the molecule is CC(C)c1ccccc1NC(=O)[C@@H](C)N1CCN(c2ccc(O)cc2)CC1. The maximum absolute atomic E-state index is 12.8. The van der Waals surface area contributed by atoms with Crippen molar-refractivity contribution >= 4 is 17.3 Å². The number of aromatic hydroxyl groups is 1. The van der Waals surface area contributed by atoms with Gasteiger partial charge in [-0.15, -0.1) is 0 Å². The minimum atomic E-state index is -0.174. The summed E-state index contributed by atoms with van der Waals surface area (Å²) in [5.41, 5.74) is 3.18. The first-order chi connectivity index (χ1) is 13.0. The van der Waals surface area contributed by atoms with E-state index in [0.717, 1.165) is 43.1 Å². The Kier molecular flexibility index (Phi) is 6.01. The first-order valence-corrected chi connectivity index (χ1v) is 9.63. The van der Waals surface area contributed by atoms with Crippen molar-refractivity contribution in [3.8, 4) is 5.75 Å².